The van der Waals surface area contributed by atoms with Gasteiger partial charge in [0.1, 0.15) is 10.8 Å². The fourth-order valence-corrected chi connectivity index (χ4v) is 3.70. The summed E-state index contributed by atoms with van der Waals surface area (Å²) in [6, 6.07) is 12.7. The van der Waals surface area contributed by atoms with Gasteiger partial charge in [-0.2, -0.15) is 4.63 Å². The Morgan fingerprint density at radius 2 is 1.87 bits per heavy atom. The molecule has 2 aromatic heterocycles. The number of carbonyl (C=O) groups excluding carboxylic acids is 1. The number of halogens is 1. The molecular formula is C23H24ClN5O2. The number of ether oxygens (including phenoxy) is 1. The van der Waals surface area contributed by atoms with Crippen LogP contribution >= 0.6 is 11.6 Å². The first-order valence-corrected chi connectivity index (χ1v) is 10.3. The molecule has 0 spiro atoms. The number of H-pyrrole nitrogens is 1. The lowest BCUT2D eigenvalue weighted by Crippen LogP contribution is -2.13. The van der Waals surface area contributed by atoms with E-state index in [0.29, 0.717) is 33.5 Å². The van der Waals surface area contributed by atoms with Gasteiger partial charge in [0, 0.05) is 22.2 Å². The van der Waals surface area contributed by atoms with E-state index in [4.69, 9.17) is 16.3 Å². The molecule has 31 heavy (non-hydrogen) atoms. The zero-order chi connectivity index (χ0) is 22.3. The number of rotatable bonds is 4. The van der Waals surface area contributed by atoms with E-state index in [2.05, 4.69) is 41.3 Å². The average molecular weight is 438 g/mol. The molecule has 8 heteroatoms. The lowest BCUT2D eigenvalue weighted by Gasteiger charge is -2.16. The van der Waals surface area contributed by atoms with Gasteiger partial charge in [-0.3, -0.25) is 9.89 Å². The summed E-state index contributed by atoms with van der Waals surface area (Å²) in [4.78, 5) is 17.3. The SMILES string of the molecule is COc1ccc(C(=O)Nc2cc(-c3nc4c(Cl)c(C(C)(C)C)[nH]n4n3)ccc2C)cc1. The number of hydrogen-bond acceptors (Lipinski definition) is 4. The second-order valence-electron chi connectivity index (χ2n) is 8.43. The predicted molar refractivity (Wildman–Crippen MR) is 122 cm³/mol. The van der Waals surface area contributed by atoms with Crippen molar-refractivity contribution in [2.75, 3.05) is 12.4 Å². The third kappa shape index (κ3) is 4.01. The van der Waals surface area contributed by atoms with Gasteiger partial charge in [0.25, 0.3) is 5.91 Å². The normalized spacial score (nSPS) is 11.7. The molecule has 2 N–H and O–H groups in total. The Bertz CT molecular complexity index is 1270. The molecule has 0 aliphatic rings. The first-order valence-electron chi connectivity index (χ1n) is 9.88. The number of fused-ring (bicyclic) bond motifs is 1. The van der Waals surface area contributed by atoms with E-state index in [1.54, 1.807) is 36.0 Å². The molecule has 0 unspecified atom stereocenters. The molecular weight excluding hydrogens is 414 g/mol. The highest BCUT2D eigenvalue weighted by atomic mass is 35.5. The second-order valence-corrected chi connectivity index (χ2v) is 8.81. The van der Waals surface area contributed by atoms with E-state index in [-0.39, 0.29) is 11.3 Å². The Morgan fingerprint density at radius 1 is 1.16 bits per heavy atom. The molecule has 1 amide bonds. The van der Waals surface area contributed by atoms with Gasteiger partial charge in [-0.25, -0.2) is 4.98 Å². The van der Waals surface area contributed by atoms with Gasteiger partial charge in [-0.1, -0.05) is 44.5 Å². The maximum absolute atomic E-state index is 12.7. The van der Waals surface area contributed by atoms with Crippen LogP contribution in [0.15, 0.2) is 42.5 Å². The van der Waals surface area contributed by atoms with Gasteiger partial charge in [0.15, 0.2) is 11.5 Å². The Kier molecular flexibility index (Phi) is 5.23. The molecule has 4 aromatic rings. The third-order valence-electron chi connectivity index (χ3n) is 5.09. The fraction of sp³-hybridized carbons (Fsp3) is 0.261. The first-order chi connectivity index (χ1) is 14.7. The van der Waals surface area contributed by atoms with Crippen molar-refractivity contribution in [3.05, 3.63) is 64.3 Å². The topological polar surface area (TPSA) is 84.3 Å². The summed E-state index contributed by atoms with van der Waals surface area (Å²) in [5.41, 5.74) is 4.25. The molecule has 7 nitrogen and oxygen atoms in total. The molecule has 160 valence electrons. The summed E-state index contributed by atoms with van der Waals surface area (Å²) in [7, 11) is 1.59. The highest BCUT2D eigenvalue weighted by molar-refractivity contribution is 6.34. The number of hydrogen-bond donors (Lipinski definition) is 2. The van der Waals surface area contributed by atoms with E-state index in [0.717, 1.165) is 16.8 Å². The molecule has 0 aliphatic carbocycles. The van der Waals surface area contributed by atoms with E-state index in [9.17, 15) is 4.79 Å². The van der Waals surface area contributed by atoms with Crippen molar-refractivity contribution in [2.45, 2.75) is 33.1 Å². The largest absolute Gasteiger partial charge is 0.497 e. The predicted octanol–water partition coefficient (Wildman–Crippen LogP) is 5.24. The molecule has 0 atom stereocenters. The number of nitrogens with zero attached hydrogens (tertiary/aromatic N) is 3. The summed E-state index contributed by atoms with van der Waals surface area (Å²) in [6.45, 7) is 8.15. The van der Waals surface area contributed by atoms with Crippen LogP contribution in [0.4, 0.5) is 5.69 Å². The summed E-state index contributed by atoms with van der Waals surface area (Å²) >= 11 is 6.54. The molecule has 2 heterocycles. The van der Waals surface area contributed by atoms with Gasteiger partial charge < -0.3 is 10.1 Å². The van der Waals surface area contributed by atoms with Gasteiger partial charge >= 0.3 is 0 Å². The lowest BCUT2D eigenvalue weighted by atomic mass is 9.92. The Morgan fingerprint density at radius 3 is 2.48 bits per heavy atom. The Hall–Kier alpha value is -3.32. The van der Waals surface area contributed by atoms with Crippen LogP contribution in [-0.4, -0.2) is 32.8 Å². The summed E-state index contributed by atoms with van der Waals surface area (Å²) < 4.78 is 6.73. The number of anilines is 1. The highest BCUT2D eigenvalue weighted by Gasteiger charge is 2.24. The highest BCUT2D eigenvalue weighted by Crippen LogP contribution is 2.32. The zero-order valence-corrected chi connectivity index (χ0v) is 18.8. The van der Waals surface area contributed by atoms with Crippen molar-refractivity contribution in [1.29, 1.82) is 0 Å². The van der Waals surface area contributed by atoms with Crippen molar-refractivity contribution in [3.63, 3.8) is 0 Å². The quantitative estimate of drug-likeness (QED) is 0.457. The number of methoxy groups -OCH3 is 1. The van der Waals surface area contributed by atoms with Crippen LogP contribution < -0.4 is 10.1 Å². The minimum absolute atomic E-state index is 0.150. The van der Waals surface area contributed by atoms with Crippen LogP contribution in [-0.2, 0) is 5.41 Å². The van der Waals surface area contributed by atoms with Crippen molar-refractivity contribution in [1.82, 2.24) is 19.8 Å². The van der Waals surface area contributed by atoms with Crippen LogP contribution in [0.5, 0.6) is 5.75 Å². The number of aromatic nitrogens is 4. The van der Waals surface area contributed by atoms with Crippen LogP contribution in [0.1, 0.15) is 42.4 Å². The van der Waals surface area contributed by atoms with Gasteiger partial charge in [0.05, 0.1) is 12.8 Å². The maximum Gasteiger partial charge on any atom is 0.255 e. The molecule has 0 bridgehead atoms. The van der Waals surface area contributed by atoms with Crippen molar-refractivity contribution in [3.8, 4) is 17.1 Å². The van der Waals surface area contributed by atoms with E-state index in [1.807, 2.05) is 25.1 Å². The maximum atomic E-state index is 12.7. The van der Waals surface area contributed by atoms with Crippen LogP contribution in [0, 0.1) is 6.92 Å². The first kappa shape index (κ1) is 20.9. The van der Waals surface area contributed by atoms with Crippen molar-refractivity contribution >= 4 is 28.8 Å². The summed E-state index contributed by atoms with van der Waals surface area (Å²) in [5.74, 6) is 1.02. The molecule has 0 aliphatic heterocycles. The monoisotopic (exact) mass is 437 g/mol. The molecule has 0 saturated carbocycles. The van der Waals surface area contributed by atoms with Gasteiger partial charge in [-0.15, -0.1) is 5.10 Å². The molecule has 0 saturated heterocycles. The van der Waals surface area contributed by atoms with Crippen molar-refractivity contribution < 1.29 is 9.53 Å². The Labute approximate surface area is 185 Å². The van der Waals surface area contributed by atoms with E-state index >= 15 is 0 Å². The lowest BCUT2D eigenvalue weighted by molar-refractivity contribution is 0.102. The molecule has 0 fully saturated rings. The summed E-state index contributed by atoms with van der Waals surface area (Å²) in [5, 5.41) is 11.3. The Balaban J connectivity index is 1.63. The number of aryl methyl sites for hydroxylation is 1. The standard InChI is InChI=1S/C23H24ClN5O2/c1-13-6-7-15(12-17(13)25-22(30)14-8-10-16(31-5)11-9-14)20-26-21-18(24)19(23(2,3)4)27-29(21)28-20/h6-12,27H,1-5H3,(H,25,30). The van der Waals surface area contributed by atoms with Crippen molar-refractivity contribution in [2.24, 2.45) is 0 Å². The number of amides is 1. The van der Waals surface area contributed by atoms with E-state index in [1.165, 1.54) is 0 Å². The third-order valence-corrected chi connectivity index (χ3v) is 5.44. The van der Waals surface area contributed by atoms with Crippen LogP contribution in [0.25, 0.3) is 17.0 Å². The summed E-state index contributed by atoms with van der Waals surface area (Å²) in [6.07, 6.45) is 0. The molecule has 4 rings (SSSR count). The van der Waals surface area contributed by atoms with Gasteiger partial charge in [0.2, 0.25) is 0 Å². The van der Waals surface area contributed by atoms with Crippen LogP contribution in [0.3, 0.4) is 0 Å². The minimum Gasteiger partial charge on any atom is -0.497 e. The average Bonchev–Trinajstić information content (AvgIpc) is 3.29. The minimum atomic E-state index is -0.203. The number of carbonyl (C=O) groups is 1. The number of nitrogens with one attached hydrogen (secondary N) is 2. The number of aromatic amines is 1. The second kappa shape index (κ2) is 7.74. The smallest absolute Gasteiger partial charge is 0.255 e. The molecule has 0 radical (unpaired) electrons. The van der Waals surface area contributed by atoms with Gasteiger partial charge in [-0.05, 0) is 42.8 Å². The molecule has 2 aromatic carbocycles. The van der Waals surface area contributed by atoms with Crippen LogP contribution in [0.2, 0.25) is 5.02 Å². The zero-order valence-electron chi connectivity index (χ0n) is 18.1. The van der Waals surface area contributed by atoms with E-state index < -0.39 is 0 Å². The number of benzene rings is 2. The fourth-order valence-electron chi connectivity index (χ4n) is 3.25.